The second-order valence-corrected chi connectivity index (χ2v) is 37.7. The van der Waals surface area contributed by atoms with Gasteiger partial charge in [0.1, 0.15) is 9.28 Å². The number of hydrogen-bond acceptors (Lipinski definition) is 3. The van der Waals surface area contributed by atoms with E-state index in [-0.39, 0.29) is 23.8 Å². The Kier molecular flexibility index (Phi) is 5.00. The Balaban J connectivity index is 2.61. The zero-order chi connectivity index (χ0) is 10.6. The molecule has 0 bridgehead atoms. The number of carbonyl (C=O) groups excluding carboxylic acids is 1. The van der Waals surface area contributed by atoms with Crippen molar-refractivity contribution >= 4 is 49.0 Å². The quantitative estimate of drug-likeness (QED) is 0.537. The number of carbonyl (C=O) groups is 1. The first kappa shape index (κ1) is 12.6. The first-order chi connectivity index (χ1) is 6.54. The molecule has 0 aromatic carbocycles. The normalized spacial score (nSPS) is 34.6. The maximum absolute atomic E-state index is 11.1. The van der Waals surface area contributed by atoms with Gasteiger partial charge in [-0.1, -0.05) is 13.8 Å². The van der Waals surface area contributed by atoms with Gasteiger partial charge in [0.05, 0.1) is 8.55 Å². The second kappa shape index (κ2) is 5.56. The van der Waals surface area contributed by atoms with Gasteiger partial charge in [0.2, 0.25) is 0 Å². The van der Waals surface area contributed by atoms with E-state index in [1.54, 1.807) is 6.92 Å². The van der Waals surface area contributed by atoms with Crippen molar-refractivity contribution in [3.8, 4) is 0 Å². The van der Waals surface area contributed by atoms with Crippen LogP contribution < -0.4 is 0 Å². The highest BCUT2D eigenvalue weighted by molar-refractivity contribution is 7.60. The molecule has 1 rings (SSSR count). The molecule has 0 N–H and O–H groups in total. The zero-order valence-electron chi connectivity index (χ0n) is 9.34. The average Bonchev–Trinajstić information content (AvgIpc) is 2.01. The molecule has 14 heavy (non-hydrogen) atoms. The lowest BCUT2D eigenvalue weighted by molar-refractivity contribution is -0.133. The van der Waals surface area contributed by atoms with E-state index >= 15 is 0 Å². The summed E-state index contributed by atoms with van der Waals surface area (Å²) in [7, 11) is -1.43. The van der Waals surface area contributed by atoms with Crippen LogP contribution in [0.5, 0.6) is 0 Å². The van der Waals surface area contributed by atoms with Crippen LogP contribution in [-0.4, -0.2) is 49.0 Å². The Morgan fingerprint density at radius 3 is 2.64 bits per heavy atom. The molecule has 1 fully saturated rings. The second-order valence-electron chi connectivity index (χ2n) is 4.41. The summed E-state index contributed by atoms with van der Waals surface area (Å²) in [6.07, 6.45) is 0. The Morgan fingerprint density at radius 1 is 1.50 bits per heavy atom. The van der Waals surface area contributed by atoms with Crippen molar-refractivity contribution in [3.05, 3.63) is 0 Å². The summed E-state index contributed by atoms with van der Waals surface area (Å²) in [6.45, 7) is 5.97. The van der Waals surface area contributed by atoms with Crippen LogP contribution in [0.25, 0.3) is 0 Å². The summed E-state index contributed by atoms with van der Waals surface area (Å²) >= 11 is 0. The highest BCUT2D eigenvalue weighted by Gasteiger charge is 2.42. The Morgan fingerprint density at radius 2 is 2.21 bits per heavy atom. The van der Waals surface area contributed by atoms with Crippen molar-refractivity contribution in [1.82, 2.24) is 0 Å². The lowest BCUT2D eigenvalue weighted by Crippen LogP contribution is -2.59. The molecule has 1 saturated heterocycles. The first-order valence-corrected chi connectivity index (χ1v) is 22.3. The molecule has 82 valence electrons. The lowest BCUT2D eigenvalue weighted by Gasteiger charge is -2.34. The first-order valence-electron chi connectivity index (χ1n) is 5.38. The summed E-state index contributed by atoms with van der Waals surface area (Å²) in [4.78, 5) is 11.1. The van der Waals surface area contributed by atoms with E-state index in [2.05, 4.69) is 13.8 Å². The highest BCUT2D eigenvalue weighted by Crippen LogP contribution is 2.19. The van der Waals surface area contributed by atoms with Crippen LogP contribution in [0.15, 0.2) is 0 Å². The molecule has 1 unspecified atom stereocenters. The van der Waals surface area contributed by atoms with Gasteiger partial charge in [-0.2, -0.15) is 0 Å². The van der Waals surface area contributed by atoms with Crippen molar-refractivity contribution in [2.75, 3.05) is 0 Å². The Hall–Kier alpha value is 0.514. The summed E-state index contributed by atoms with van der Waals surface area (Å²) < 4.78 is 11.7. The molecule has 1 atom stereocenters. The smallest absolute Gasteiger partial charge is 0.355 e. The van der Waals surface area contributed by atoms with Gasteiger partial charge >= 0.3 is 8.08 Å². The molecule has 0 aliphatic carbocycles. The fraction of sp³-hybridized carbons (Fsp3) is 0.833. The van der Waals surface area contributed by atoms with Crippen molar-refractivity contribution in [2.45, 2.75) is 26.8 Å². The van der Waals surface area contributed by atoms with Gasteiger partial charge in [-0.05, 0) is 12.0 Å². The van der Waals surface area contributed by atoms with E-state index in [0.29, 0.717) is 23.0 Å². The molecule has 1 aliphatic heterocycles. The molecule has 0 spiro atoms. The molecular weight excluding hydrogens is 260 g/mol. The molecule has 0 radical (unpaired) electrons. The third-order valence-corrected chi connectivity index (χ3v) is 60.2. The molecule has 0 aromatic heterocycles. The SMILES string of the molecule is CC(=O)O[Si]1(CC(C)C)O[SiH2][SiH2][SiH2][SiH2]1. The maximum atomic E-state index is 11.1. The minimum Gasteiger partial charge on any atom is -0.499 e. The summed E-state index contributed by atoms with van der Waals surface area (Å²) in [6, 6.07) is 1.09. The molecular formula is C6H20O3Si5. The Bertz CT molecular complexity index is 204. The van der Waals surface area contributed by atoms with Crippen molar-refractivity contribution in [2.24, 2.45) is 5.92 Å². The van der Waals surface area contributed by atoms with Crippen LogP contribution in [0.4, 0.5) is 0 Å². The molecule has 0 amide bonds. The molecule has 1 aliphatic rings. The minimum absolute atomic E-state index is 0.0610. The van der Waals surface area contributed by atoms with E-state index in [4.69, 9.17) is 8.54 Å². The fourth-order valence-corrected chi connectivity index (χ4v) is 91.1. The topological polar surface area (TPSA) is 35.5 Å². The maximum Gasteiger partial charge on any atom is 0.355 e. The van der Waals surface area contributed by atoms with Gasteiger partial charge < -0.3 is 8.54 Å². The highest BCUT2D eigenvalue weighted by atomic mass is 29.9. The van der Waals surface area contributed by atoms with Crippen LogP contribution in [0, 0.1) is 5.92 Å². The van der Waals surface area contributed by atoms with E-state index in [0.717, 1.165) is 6.04 Å². The predicted octanol–water partition coefficient (Wildman–Crippen LogP) is -2.49. The van der Waals surface area contributed by atoms with Crippen LogP contribution >= 0.6 is 0 Å². The predicted molar refractivity (Wildman–Crippen MR) is 72.4 cm³/mol. The van der Waals surface area contributed by atoms with E-state index in [1.807, 2.05) is 0 Å². The third-order valence-electron chi connectivity index (χ3n) is 2.37. The molecule has 1 heterocycles. The third kappa shape index (κ3) is 3.94. The summed E-state index contributed by atoms with van der Waals surface area (Å²) in [5, 5.41) is 0. The van der Waals surface area contributed by atoms with Gasteiger partial charge in [0.25, 0.3) is 5.97 Å². The largest absolute Gasteiger partial charge is 0.499 e. The van der Waals surface area contributed by atoms with Crippen molar-refractivity contribution in [3.63, 3.8) is 0 Å². The monoisotopic (exact) mass is 280 g/mol. The standard InChI is InChI=1S/C6H20O3Si5/c1-5(2)4-14(8-6(3)7)9-10-11-12-13-14/h5H,4,10-13H2,1-3H3. The van der Waals surface area contributed by atoms with Gasteiger partial charge in [-0.25, -0.2) is 0 Å². The zero-order valence-corrected chi connectivity index (χ0v) is 16.0. The van der Waals surface area contributed by atoms with Crippen molar-refractivity contribution in [1.29, 1.82) is 0 Å². The number of hydrogen-bond donors (Lipinski definition) is 0. The minimum atomic E-state index is -1.86. The van der Waals surface area contributed by atoms with Crippen LogP contribution in [0.3, 0.4) is 0 Å². The summed E-state index contributed by atoms with van der Waals surface area (Å²) in [5.74, 6) is 0.549. The molecule has 0 saturated carbocycles. The molecule has 0 aromatic rings. The van der Waals surface area contributed by atoms with E-state index in [9.17, 15) is 4.79 Å². The lowest BCUT2D eigenvalue weighted by atomic mass is 10.3. The fourth-order valence-electron chi connectivity index (χ4n) is 1.99. The van der Waals surface area contributed by atoms with Crippen LogP contribution in [0.1, 0.15) is 20.8 Å². The van der Waals surface area contributed by atoms with Gasteiger partial charge in [-0.3, -0.25) is 4.79 Å². The van der Waals surface area contributed by atoms with E-state index in [1.165, 1.54) is 0 Å². The van der Waals surface area contributed by atoms with Gasteiger partial charge in [0, 0.05) is 24.0 Å². The van der Waals surface area contributed by atoms with Gasteiger partial charge in [0.15, 0.2) is 0 Å². The molecule has 3 nitrogen and oxygen atoms in total. The van der Waals surface area contributed by atoms with Crippen molar-refractivity contribution < 1.29 is 13.3 Å². The van der Waals surface area contributed by atoms with E-state index < -0.39 is 8.08 Å². The average molecular weight is 281 g/mol. The van der Waals surface area contributed by atoms with Crippen LogP contribution in [-0.2, 0) is 13.3 Å². The summed E-state index contributed by atoms with van der Waals surface area (Å²) in [5.41, 5.74) is 0. The van der Waals surface area contributed by atoms with Crippen LogP contribution in [0.2, 0.25) is 6.04 Å². The Labute approximate surface area is 95.1 Å². The number of rotatable bonds is 3. The molecule has 8 heteroatoms. The van der Waals surface area contributed by atoms with Gasteiger partial charge in [-0.15, -0.1) is 0 Å².